The predicted molar refractivity (Wildman–Crippen MR) is 175 cm³/mol. The van der Waals surface area contributed by atoms with Crippen molar-refractivity contribution in [2.75, 3.05) is 0 Å². The van der Waals surface area contributed by atoms with Crippen molar-refractivity contribution in [3.63, 3.8) is 0 Å². The SMILES string of the molecule is Fc1c(F)c(F)[c]([Ge]([c]2c(F)c(F)c(F)c(F)c2F)[c]2c(F)c(F)c(F)c(F)c2F)c(F)c1F.Fc1c(F)c(F)[c]([Ge]([c]2c(F)c(F)c(F)c(F)c2F)[c]2c(F)c(F)c(F)c(F)c2F)c(F)c1F.[F][Ge][F]. The number of benzene rings is 6. The number of hydrogen-bond donors (Lipinski definition) is 0. The van der Waals surface area contributed by atoms with Crippen LogP contribution in [0.15, 0.2) is 0 Å². The van der Waals surface area contributed by atoms with Crippen molar-refractivity contribution in [3.05, 3.63) is 175 Å². The van der Waals surface area contributed by atoms with Crippen LogP contribution in [0.4, 0.5) is 139 Å². The molecule has 4 radical (unpaired) electrons. The molecule has 0 saturated carbocycles. The van der Waals surface area contributed by atoms with Gasteiger partial charge < -0.3 is 0 Å². The molecule has 0 spiro atoms. The molecule has 0 amide bonds. The second kappa shape index (κ2) is 21.8. The fourth-order valence-corrected chi connectivity index (χ4v) is 17.1. The molecule has 71 heavy (non-hydrogen) atoms. The summed E-state index contributed by atoms with van der Waals surface area (Å²) < 4.78 is 422. The molecule has 0 aromatic heterocycles. The van der Waals surface area contributed by atoms with Crippen LogP contribution in [0.1, 0.15) is 0 Å². The molecule has 0 aliphatic rings. The molecule has 0 nitrogen and oxygen atoms in total. The van der Waals surface area contributed by atoms with E-state index in [9.17, 15) is 139 Å². The maximum atomic E-state index is 14.4. The topological polar surface area (TPSA) is 0 Å². The second-order valence-corrected chi connectivity index (χ2v) is 22.2. The van der Waals surface area contributed by atoms with Gasteiger partial charge >= 0.3 is 385 Å². The summed E-state index contributed by atoms with van der Waals surface area (Å²) in [6.07, 6.45) is 0. The van der Waals surface area contributed by atoms with Gasteiger partial charge in [-0.15, -0.1) is 0 Å². The van der Waals surface area contributed by atoms with Gasteiger partial charge in [-0.1, -0.05) is 0 Å². The predicted octanol–water partition coefficient (Wildman–Crippen LogP) is 9.04. The van der Waals surface area contributed by atoms with Crippen molar-refractivity contribution in [1.29, 1.82) is 0 Å². The van der Waals surface area contributed by atoms with E-state index in [0.717, 1.165) is 0 Å². The van der Waals surface area contributed by atoms with Crippen LogP contribution in [0.25, 0.3) is 0 Å². The van der Waals surface area contributed by atoms with Crippen LogP contribution in [0.2, 0.25) is 0 Å². The summed E-state index contributed by atoms with van der Waals surface area (Å²) in [6.45, 7) is 0. The fourth-order valence-electron chi connectivity index (χ4n) is 5.70. The Hall–Kier alpha value is -5.29. The number of halogens is 32. The van der Waals surface area contributed by atoms with Crippen molar-refractivity contribution in [2.24, 2.45) is 0 Å². The normalized spacial score (nSPS) is 11.4. The van der Waals surface area contributed by atoms with Crippen LogP contribution < -0.4 is 26.4 Å². The zero-order chi connectivity index (χ0) is 54.6. The first-order valence-electron chi connectivity index (χ1n) is 16.5. The second-order valence-electron chi connectivity index (χ2n) is 12.5. The molecule has 35 heteroatoms. The Bertz CT molecular complexity index is 2460. The number of rotatable bonds is 6. The first kappa shape index (κ1) is 58.3. The van der Waals surface area contributed by atoms with Gasteiger partial charge in [0.2, 0.25) is 0 Å². The molecule has 0 fully saturated rings. The minimum absolute atomic E-state index is 2.50. The van der Waals surface area contributed by atoms with Crippen molar-refractivity contribution in [1.82, 2.24) is 0 Å². The van der Waals surface area contributed by atoms with E-state index in [1.807, 2.05) is 0 Å². The van der Waals surface area contributed by atoms with Gasteiger partial charge in [-0.2, -0.15) is 0 Å². The third-order valence-electron chi connectivity index (χ3n) is 8.76. The van der Waals surface area contributed by atoms with Crippen molar-refractivity contribution >= 4 is 71.4 Å². The number of hydrogen-bond acceptors (Lipinski definition) is 0. The van der Waals surface area contributed by atoms with Crippen LogP contribution in [-0.4, -0.2) is 45.1 Å². The summed E-state index contributed by atoms with van der Waals surface area (Å²) in [5.41, 5.74) is 0. The third kappa shape index (κ3) is 9.61. The van der Waals surface area contributed by atoms with E-state index in [0.29, 0.717) is 0 Å². The molecule has 380 valence electrons. The van der Waals surface area contributed by atoms with E-state index in [4.69, 9.17) is 0 Å². The minimum atomic E-state index is -6.37. The van der Waals surface area contributed by atoms with E-state index in [-0.39, 0.29) is 0 Å². The van der Waals surface area contributed by atoms with Gasteiger partial charge in [0.15, 0.2) is 0 Å². The Labute approximate surface area is 383 Å². The molecular formula is C36F32Ge3. The summed E-state index contributed by atoms with van der Waals surface area (Å²) in [7, 11) is 0. The van der Waals surface area contributed by atoms with Gasteiger partial charge in [-0.25, -0.2) is 0 Å². The van der Waals surface area contributed by atoms with Crippen LogP contribution in [0, 0.1) is 175 Å². The molecule has 6 aromatic rings. The Morgan fingerprint density at radius 3 is 0.268 bits per heavy atom. The van der Waals surface area contributed by atoms with Crippen LogP contribution in [0.3, 0.4) is 0 Å². The molecule has 0 aliphatic heterocycles. The average Bonchev–Trinajstić information content (AvgIpc) is 3.34. The first-order chi connectivity index (χ1) is 32.7. The summed E-state index contributed by atoms with van der Waals surface area (Å²) in [5, 5.41) is 0. The zero-order valence-electron chi connectivity index (χ0n) is 31.6. The quantitative estimate of drug-likeness (QED) is 0.0677. The Kier molecular flexibility index (Phi) is 17.9. The van der Waals surface area contributed by atoms with Gasteiger partial charge in [-0.05, 0) is 0 Å². The van der Waals surface area contributed by atoms with E-state index in [1.54, 1.807) is 0 Å². The van der Waals surface area contributed by atoms with Gasteiger partial charge in [-0.3, -0.25) is 0 Å². The average molecular weight is 1260 g/mol. The Balaban J connectivity index is 0.000000292. The molecule has 0 N–H and O–H groups in total. The summed E-state index contributed by atoms with van der Waals surface area (Å²) in [5.74, 6) is -88.9. The molecule has 0 saturated heterocycles. The van der Waals surface area contributed by atoms with Gasteiger partial charge in [0, 0.05) is 0 Å². The van der Waals surface area contributed by atoms with Crippen LogP contribution >= 0.6 is 0 Å². The molecule has 0 unspecified atom stereocenters. The van der Waals surface area contributed by atoms with Gasteiger partial charge in [0.25, 0.3) is 0 Å². The third-order valence-corrected chi connectivity index (χ3v) is 20.6. The summed E-state index contributed by atoms with van der Waals surface area (Å²) in [4.78, 5) is 0. The Morgan fingerprint density at radius 2 is 0.197 bits per heavy atom. The van der Waals surface area contributed by atoms with E-state index in [2.05, 4.69) is 0 Å². The monoisotopic (exact) mass is 1260 g/mol. The van der Waals surface area contributed by atoms with Crippen LogP contribution in [-0.2, 0) is 0 Å². The Morgan fingerprint density at radius 1 is 0.141 bits per heavy atom. The van der Waals surface area contributed by atoms with Gasteiger partial charge in [0.1, 0.15) is 0 Å². The van der Waals surface area contributed by atoms with Crippen molar-refractivity contribution < 1.29 is 139 Å². The van der Waals surface area contributed by atoms with Crippen molar-refractivity contribution in [3.8, 4) is 0 Å². The zero-order valence-corrected chi connectivity index (χ0v) is 37.9. The molecule has 0 aliphatic carbocycles. The molecule has 0 atom stereocenters. The standard InChI is InChI=1S/2C18F15Ge.F2Ge/c2*19-1-4(22)10(28)16(11(29)5(1)23)34(17-12(30)6(24)2(20)7(25)13(17)31)18-14(32)8(26)3(21)9(27)15(18)33;1-3-2. The van der Waals surface area contributed by atoms with Crippen LogP contribution in [0.5, 0.6) is 0 Å². The van der Waals surface area contributed by atoms with E-state index >= 15 is 0 Å². The molecule has 6 rings (SSSR count). The fraction of sp³-hybridized carbons (Fsp3) is 0. The molecule has 6 aromatic carbocycles. The van der Waals surface area contributed by atoms with E-state index in [1.165, 1.54) is 0 Å². The summed E-state index contributed by atoms with van der Waals surface area (Å²) >= 11 is -15.2. The van der Waals surface area contributed by atoms with Gasteiger partial charge in [0.05, 0.1) is 0 Å². The van der Waals surface area contributed by atoms with E-state index < -0.39 is 246 Å². The maximum absolute atomic E-state index is 14.4. The summed E-state index contributed by atoms with van der Waals surface area (Å²) in [6, 6.07) is 0. The first-order valence-corrected chi connectivity index (χ1v) is 24.4. The molecule has 0 heterocycles. The molecular weight excluding hydrogens is 1260 g/mol. The molecule has 0 bridgehead atoms. The van der Waals surface area contributed by atoms with Crippen molar-refractivity contribution in [2.45, 2.75) is 0 Å².